The van der Waals surface area contributed by atoms with Crippen LogP contribution in [0, 0.1) is 0 Å². The molecule has 1 N–H and O–H groups in total. The first-order chi connectivity index (χ1) is 11.0. The van der Waals surface area contributed by atoms with Crippen LogP contribution in [0.25, 0.3) is 6.08 Å². The summed E-state index contributed by atoms with van der Waals surface area (Å²) in [5.41, 5.74) is 0.835. The Balaban J connectivity index is 1.75. The maximum absolute atomic E-state index is 12.2. The molecular formula is C15H13NO5S2. The van der Waals surface area contributed by atoms with Gasteiger partial charge in [-0.2, -0.15) is 11.3 Å². The highest BCUT2D eigenvalue weighted by Crippen LogP contribution is 2.32. The summed E-state index contributed by atoms with van der Waals surface area (Å²) >= 11 is 1.49. The highest BCUT2D eigenvalue weighted by atomic mass is 32.2. The summed E-state index contributed by atoms with van der Waals surface area (Å²) in [6, 6.07) is 6.04. The number of hydrogen-bond acceptors (Lipinski definition) is 6. The minimum Gasteiger partial charge on any atom is -0.486 e. The Morgan fingerprint density at radius 1 is 1.17 bits per heavy atom. The zero-order valence-corrected chi connectivity index (χ0v) is 13.5. The van der Waals surface area contributed by atoms with Gasteiger partial charge in [0.25, 0.3) is 15.9 Å². The lowest BCUT2D eigenvalue weighted by molar-refractivity contribution is -0.114. The molecule has 8 heteroatoms. The molecule has 0 fully saturated rings. The molecular weight excluding hydrogens is 338 g/mol. The second-order valence-corrected chi connectivity index (χ2v) is 7.13. The number of ether oxygens (including phenoxy) is 2. The molecule has 0 saturated carbocycles. The van der Waals surface area contributed by atoms with Crippen LogP contribution >= 0.6 is 11.3 Å². The van der Waals surface area contributed by atoms with Gasteiger partial charge in [0.1, 0.15) is 13.2 Å². The number of benzene rings is 1. The fourth-order valence-electron chi connectivity index (χ4n) is 1.96. The average Bonchev–Trinajstić information content (AvgIpc) is 3.05. The van der Waals surface area contributed by atoms with Crippen molar-refractivity contribution in [2.24, 2.45) is 0 Å². The van der Waals surface area contributed by atoms with Gasteiger partial charge in [0.2, 0.25) is 0 Å². The predicted octanol–water partition coefficient (Wildman–Crippen LogP) is 2.04. The van der Waals surface area contributed by atoms with E-state index in [1.807, 2.05) is 21.5 Å². The number of carbonyl (C=O) groups excluding carboxylic acids is 1. The molecule has 0 unspecified atom stereocenters. The van der Waals surface area contributed by atoms with E-state index in [0.717, 1.165) is 5.56 Å². The summed E-state index contributed by atoms with van der Waals surface area (Å²) in [6.07, 6.45) is 2.72. The van der Waals surface area contributed by atoms with E-state index < -0.39 is 15.9 Å². The summed E-state index contributed by atoms with van der Waals surface area (Å²) in [4.78, 5) is 11.7. The van der Waals surface area contributed by atoms with E-state index >= 15 is 0 Å². The van der Waals surface area contributed by atoms with E-state index in [2.05, 4.69) is 0 Å². The number of amides is 1. The second-order valence-electron chi connectivity index (χ2n) is 4.67. The zero-order valence-electron chi connectivity index (χ0n) is 11.9. The van der Waals surface area contributed by atoms with Crippen molar-refractivity contribution in [2.75, 3.05) is 13.2 Å². The number of nitrogens with one attached hydrogen (secondary N) is 1. The minimum absolute atomic E-state index is 0.0565. The largest absolute Gasteiger partial charge is 0.486 e. The maximum Gasteiger partial charge on any atom is 0.264 e. The lowest BCUT2D eigenvalue weighted by Crippen LogP contribution is -2.29. The van der Waals surface area contributed by atoms with Crippen molar-refractivity contribution < 1.29 is 22.7 Å². The van der Waals surface area contributed by atoms with E-state index in [-0.39, 0.29) is 4.90 Å². The molecule has 0 spiro atoms. The van der Waals surface area contributed by atoms with Gasteiger partial charge in [0.15, 0.2) is 11.5 Å². The topological polar surface area (TPSA) is 81.7 Å². The van der Waals surface area contributed by atoms with E-state index in [1.165, 1.54) is 35.6 Å². The third kappa shape index (κ3) is 3.72. The molecule has 1 aliphatic rings. The van der Waals surface area contributed by atoms with Gasteiger partial charge >= 0.3 is 0 Å². The number of hydrogen-bond donors (Lipinski definition) is 1. The highest BCUT2D eigenvalue weighted by molar-refractivity contribution is 7.90. The fourth-order valence-corrected chi connectivity index (χ4v) is 3.55. The molecule has 2 heterocycles. The van der Waals surface area contributed by atoms with Gasteiger partial charge in [-0.3, -0.25) is 4.79 Å². The first-order valence-corrected chi connectivity index (χ1v) is 9.14. The van der Waals surface area contributed by atoms with Gasteiger partial charge in [-0.1, -0.05) is 0 Å². The molecule has 3 rings (SSSR count). The predicted molar refractivity (Wildman–Crippen MR) is 86.1 cm³/mol. The van der Waals surface area contributed by atoms with Crippen LogP contribution in [0.5, 0.6) is 11.5 Å². The van der Waals surface area contributed by atoms with Crippen LogP contribution in [-0.2, 0) is 14.8 Å². The van der Waals surface area contributed by atoms with E-state index in [9.17, 15) is 13.2 Å². The van der Waals surface area contributed by atoms with Gasteiger partial charge in [0, 0.05) is 12.1 Å². The third-order valence-corrected chi connectivity index (χ3v) is 5.08. The zero-order chi connectivity index (χ0) is 16.3. The van der Waals surface area contributed by atoms with Crippen LogP contribution < -0.4 is 14.2 Å². The van der Waals surface area contributed by atoms with Crippen LogP contribution in [0.2, 0.25) is 0 Å². The Kier molecular flexibility index (Phi) is 4.35. The molecule has 0 aliphatic carbocycles. The van der Waals surface area contributed by atoms with Crippen molar-refractivity contribution in [3.05, 3.63) is 46.7 Å². The molecule has 0 bridgehead atoms. The standard InChI is InChI=1S/C15H13NO5S2/c17-15(4-1-11-5-8-22-10-11)16-23(18,19)12-2-3-13-14(9-12)21-7-6-20-13/h1-5,8-10H,6-7H2,(H,16,17)/b4-1+. The smallest absolute Gasteiger partial charge is 0.264 e. The maximum atomic E-state index is 12.2. The Morgan fingerprint density at radius 3 is 2.70 bits per heavy atom. The third-order valence-electron chi connectivity index (χ3n) is 3.03. The van der Waals surface area contributed by atoms with Crippen molar-refractivity contribution in [2.45, 2.75) is 4.90 Å². The molecule has 120 valence electrons. The SMILES string of the molecule is O=C(/C=C/c1ccsc1)NS(=O)(=O)c1ccc2c(c1)OCCO2. The molecule has 23 heavy (non-hydrogen) atoms. The van der Waals surface area contributed by atoms with Gasteiger partial charge in [0.05, 0.1) is 4.90 Å². The molecule has 6 nitrogen and oxygen atoms in total. The molecule has 0 radical (unpaired) electrons. The van der Waals surface area contributed by atoms with E-state index in [1.54, 1.807) is 6.08 Å². The summed E-state index contributed by atoms with van der Waals surface area (Å²) in [6.45, 7) is 0.773. The summed E-state index contributed by atoms with van der Waals surface area (Å²) in [5, 5.41) is 3.71. The number of rotatable bonds is 4. The monoisotopic (exact) mass is 351 g/mol. The first-order valence-electron chi connectivity index (χ1n) is 6.71. The highest BCUT2D eigenvalue weighted by Gasteiger charge is 2.20. The Bertz CT molecular complexity index is 841. The Labute approximate surface area is 137 Å². The number of sulfonamides is 1. The summed E-state index contributed by atoms with van der Waals surface area (Å²) in [7, 11) is -3.97. The Morgan fingerprint density at radius 2 is 1.96 bits per heavy atom. The molecule has 0 atom stereocenters. The van der Waals surface area contributed by atoms with Crippen LogP contribution in [0.15, 0.2) is 46.0 Å². The second kappa shape index (κ2) is 6.43. The van der Waals surface area contributed by atoms with Crippen LogP contribution in [0.1, 0.15) is 5.56 Å². The van der Waals surface area contributed by atoms with Crippen molar-refractivity contribution in [3.8, 4) is 11.5 Å². The van der Waals surface area contributed by atoms with Crippen molar-refractivity contribution in [1.82, 2.24) is 4.72 Å². The van der Waals surface area contributed by atoms with Gasteiger partial charge in [-0.05, 0) is 40.6 Å². The van der Waals surface area contributed by atoms with Gasteiger partial charge in [-0.15, -0.1) is 0 Å². The number of fused-ring (bicyclic) bond motifs is 1. The first kappa shape index (κ1) is 15.6. The molecule has 1 amide bonds. The minimum atomic E-state index is -3.97. The normalized spacial score (nSPS) is 13.9. The molecule has 1 aliphatic heterocycles. The fraction of sp³-hybridized carbons (Fsp3) is 0.133. The van der Waals surface area contributed by atoms with Crippen LogP contribution in [0.4, 0.5) is 0 Å². The van der Waals surface area contributed by atoms with E-state index in [4.69, 9.17) is 9.47 Å². The number of thiophene rings is 1. The van der Waals surface area contributed by atoms with Gasteiger partial charge < -0.3 is 9.47 Å². The summed E-state index contributed by atoms with van der Waals surface area (Å²) < 4.78 is 37.1. The van der Waals surface area contributed by atoms with Crippen molar-refractivity contribution >= 4 is 33.3 Å². The molecule has 2 aromatic rings. The molecule has 1 aromatic carbocycles. The lowest BCUT2D eigenvalue weighted by Gasteiger charge is -2.18. The molecule has 1 aromatic heterocycles. The van der Waals surface area contributed by atoms with E-state index in [0.29, 0.717) is 24.7 Å². The summed E-state index contributed by atoms with van der Waals surface area (Å²) in [5.74, 6) is 0.116. The van der Waals surface area contributed by atoms with Crippen LogP contribution in [-0.4, -0.2) is 27.5 Å². The van der Waals surface area contributed by atoms with Gasteiger partial charge in [-0.25, -0.2) is 13.1 Å². The van der Waals surface area contributed by atoms with Crippen LogP contribution in [0.3, 0.4) is 0 Å². The molecule has 0 saturated heterocycles. The van der Waals surface area contributed by atoms with Crippen molar-refractivity contribution in [3.63, 3.8) is 0 Å². The lowest BCUT2D eigenvalue weighted by atomic mass is 10.3. The Hall–Kier alpha value is -2.32. The van der Waals surface area contributed by atoms with Crippen molar-refractivity contribution in [1.29, 1.82) is 0 Å². The quantitative estimate of drug-likeness (QED) is 0.853. The average molecular weight is 351 g/mol. The number of carbonyl (C=O) groups is 1.